The molecule has 0 amide bonds. The van der Waals surface area contributed by atoms with E-state index in [2.05, 4.69) is 4.98 Å². The summed E-state index contributed by atoms with van der Waals surface area (Å²) in [7, 11) is 1.51. The first-order chi connectivity index (χ1) is 17.6. The summed E-state index contributed by atoms with van der Waals surface area (Å²) >= 11 is 1.15. The quantitative estimate of drug-likeness (QED) is 0.317. The number of carboxylic acid groups (broad SMARTS) is 1. The molecule has 11 nitrogen and oxygen atoms in total. The Morgan fingerprint density at radius 2 is 2.00 bits per heavy atom. The third-order valence-corrected chi connectivity index (χ3v) is 7.47. The number of para-hydroxylation sites is 1. The predicted octanol–water partition coefficient (Wildman–Crippen LogP) is 2.77. The van der Waals surface area contributed by atoms with Crippen molar-refractivity contribution in [1.29, 1.82) is 0 Å². The number of oxazole rings is 1. The first kappa shape index (κ1) is 26.3. The van der Waals surface area contributed by atoms with E-state index in [9.17, 15) is 24.6 Å². The van der Waals surface area contributed by atoms with Gasteiger partial charge in [-0.1, -0.05) is 18.2 Å². The molecule has 0 spiro atoms. The standard InChI is InChI=1S/C25H27N3O8S/c1-14-18-21(30)28(25(2,3)23(31)32)24(33)27(22(18)37-19(14)20-26-9-11-36-20)13-17(35-12-10-29)15-7-5-6-8-16(15)34-4/h5-9,11,17,29H,10,12-13H2,1-4H3,(H,31,32)/t17-/m0/s1. The van der Waals surface area contributed by atoms with Crippen molar-refractivity contribution in [1.82, 2.24) is 14.1 Å². The lowest BCUT2D eigenvalue weighted by molar-refractivity contribution is -0.146. The van der Waals surface area contributed by atoms with Gasteiger partial charge in [-0.2, -0.15) is 0 Å². The number of thiophene rings is 1. The van der Waals surface area contributed by atoms with Gasteiger partial charge >= 0.3 is 11.7 Å². The van der Waals surface area contributed by atoms with E-state index in [0.29, 0.717) is 26.6 Å². The minimum atomic E-state index is -1.84. The van der Waals surface area contributed by atoms with Gasteiger partial charge in [0.1, 0.15) is 28.5 Å². The van der Waals surface area contributed by atoms with E-state index in [1.165, 1.54) is 38.0 Å². The number of carbonyl (C=O) groups is 1. The molecule has 0 saturated carbocycles. The third-order valence-electron chi connectivity index (χ3n) is 6.17. The van der Waals surface area contributed by atoms with Crippen LogP contribution in [-0.2, 0) is 21.6 Å². The van der Waals surface area contributed by atoms with Crippen molar-refractivity contribution in [2.45, 2.75) is 39.0 Å². The number of ether oxygens (including phenoxy) is 2. The highest BCUT2D eigenvalue weighted by Gasteiger charge is 2.36. The molecule has 4 rings (SSSR count). The number of rotatable bonds is 10. The van der Waals surface area contributed by atoms with E-state index in [-0.39, 0.29) is 31.0 Å². The summed E-state index contributed by atoms with van der Waals surface area (Å²) in [5.74, 6) is -0.549. The van der Waals surface area contributed by atoms with Crippen LogP contribution in [0.2, 0.25) is 0 Å². The molecule has 196 valence electrons. The Hall–Kier alpha value is -3.74. The first-order valence-electron chi connectivity index (χ1n) is 11.4. The molecule has 0 aliphatic carbocycles. The fourth-order valence-corrected chi connectivity index (χ4v) is 5.41. The Bertz CT molecular complexity index is 1550. The highest BCUT2D eigenvalue weighted by atomic mass is 32.1. The number of methoxy groups -OCH3 is 1. The van der Waals surface area contributed by atoms with Crippen molar-refractivity contribution in [2.75, 3.05) is 20.3 Å². The smallest absolute Gasteiger partial charge is 0.333 e. The van der Waals surface area contributed by atoms with Gasteiger partial charge in [0.05, 0.1) is 43.3 Å². The maximum atomic E-state index is 13.9. The Morgan fingerprint density at radius 1 is 1.27 bits per heavy atom. The Labute approximate surface area is 215 Å². The maximum Gasteiger partial charge on any atom is 0.333 e. The summed E-state index contributed by atoms with van der Waals surface area (Å²) in [6.45, 7) is 3.93. The second-order valence-electron chi connectivity index (χ2n) is 8.80. The second-order valence-corrected chi connectivity index (χ2v) is 9.80. The molecule has 1 atom stereocenters. The second kappa shape index (κ2) is 10.3. The zero-order chi connectivity index (χ0) is 26.9. The van der Waals surface area contributed by atoms with Gasteiger partial charge in [-0.15, -0.1) is 11.3 Å². The van der Waals surface area contributed by atoms with E-state index in [4.69, 9.17) is 13.9 Å². The molecular weight excluding hydrogens is 502 g/mol. The molecule has 0 bridgehead atoms. The minimum absolute atomic E-state index is 0.0219. The van der Waals surface area contributed by atoms with Crippen LogP contribution in [0.15, 0.2) is 50.7 Å². The molecule has 12 heteroatoms. The lowest BCUT2D eigenvalue weighted by atomic mass is 10.1. The van der Waals surface area contributed by atoms with Gasteiger partial charge < -0.3 is 24.1 Å². The summed E-state index contributed by atoms with van der Waals surface area (Å²) in [4.78, 5) is 44.7. The van der Waals surface area contributed by atoms with Gasteiger partial charge in [0.2, 0.25) is 5.89 Å². The molecule has 2 N–H and O–H groups in total. The van der Waals surface area contributed by atoms with E-state index in [1.54, 1.807) is 31.2 Å². The normalized spacial score (nSPS) is 12.7. The average molecular weight is 530 g/mol. The Balaban J connectivity index is 2.04. The zero-order valence-electron chi connectivity index (χ0n) is 20.8. The van der Waals surface area contributed by atoms with Crippen molar-refractivity contribution < 1.29 is 28.9 Å². The highest BCUT2D eigenvalue weighted by Crippen LogP contribution is 2.37. The Kier molecular flexibility index (Phi) is 7.35. The number of aliphatic carboxylic acids is 1. The number of carboxylic acids is 1. The summed E-state index contributed by atoms with van der Waals surface area (Å²) in [5, 5.41) is 19.5. The summed E-state index contributed by atoms with van der Waals surface area (Å²) < 4.78 is 18.9. The van der Waals surface area contributed by atoms with Gasteiger partial charge in [0.25, 0.3) is 5.56 Å². The van der Waals surface area contributed by atoms with Gasteiger partial charge in [-0.3, -0.25) is 9.36 Å². The van der Waals surface area contributed by atoms with Gasteiger partial charge in [-0.05, 0) is 32.4 Å². The van der Waals surface area contributed by atoms with Crippen LogP contribution in [0.3, 0.4) is 0 Å². The van der Waals surface area contributed by atoms with Crippen LogP contribution in [0.25, 0.3) is 21.0 Å². The molecule has 1 aromatic carbocycles. The number of benzene rings is 1. The fourth-order valence-electron chi connectivity index (χ4n) is 4.17. The number of aromatic nitrogens is 3. The summed E-state index contributed by atoms with van der Waals surface area (Å²) in [5.41, 5.74) is -2.23. The molecule has 0 fully saturated rings. The van der Waals surface area contributed by atoms with Crippen LogP contribution >= 0.6 is 11.3 Å². The van der Waals surface area contributed by atoms with Crippen LogP contribution in [-0.4, -0.2) is 50.6 Å². The van der Waals surface area contributed by atoms with Crippen molar-refractivity contribution in [3.05, 3.63) is 68.7 Å². The summed E-state index contributed by atoms with van der Waals surface area (Å²) in [6.07, 6.45) is 2.10. The van der Waals surface area contributed by atoms with Crippen molar-refractivity contribution in [2.24, 2.45) is 0 Å². The van der Waals surface area contributed by atoms with Crippen molar-refractivity contribution in [3.8, 4) is 16.5 Å². The predicted molar refractivity (Wildman–Crippen MR) is 136 cm³/mol. The first-order valence-corrected chi connectivity index (χ1v) is 12.2. The molecule has 37 heavy (non-hydrogen) atoms. The third kappa shape index (κ3) is 4.59. The van der Waals surface area contributed by atoms with Gasteiger partial charge in [0.15, 0.2) is 0 Å². The van der Waals surface area contributed by atoms with E-state index < -0.39 is 28.9 Å². The molecule has 4 aromatic rings. The SMILES string of the molecule is COc1ccccc1[C@H](Cn1c(=O)n(C(C)(C)C(=O)O)c(=O)c2c(C)c(-c3ncco3)sc21)OCCO. The number of aliphatic hydroxyl groups excluding tert-OH is 1. The number of aryl methyl sites for hydroxylation is 1. The van der Waals surface area contributed by atoms with E-state index in [0.717, 1.165) is 15.9 Å². The molecule has 0 aliphatic heterocycles. The van der Waals surface area contributed by atoms with Crippen molar-refractivity contribution >= 4 is 27.5 Å². The lowest BCUT2D eigenvalue weighted by Crippen LogP contribution is -2.52. The lowest BCUT2D eigenvalue weighted by Gasteiger charge is -2.25. The molecule has 3 aromatic heterocycles. The van der Waals surface area contributed by atoms with E-state index >= 15 is 0 Å². The largest absolute Gasteiger partial charge is 0.496 e. The van der Waals surface area contributed by atoms with Crippen LogP contribution < -0.4 is 16.0 Å². The van der Waals surface area contributed by atoms with Crippen molar-refractivity contribution in [3.63, 3.8) is 0 Å². The molecule has 0 saturated heterocycles. The Morgan fingerprint density at radius 3 is 2.62 bits per heavy atom. The van der Waals surface area contributed by atoms with E-state index in [1.807, 2.05) is 0 Å². The average Bonchev–Trinajstić information content (AvgIpc) is 3.51. The van der Waals surface area contributed by atoms with Crippen LogP contribution in [0.1, 0.15) is 31.1 Å². The molecule has 0 unspecified atom stereocenters. The number of hydrogen-bond acceptors (Lipinski definition) is 9. The molecule has 0 aliphatic rings. The minimum Gasteiger partial charge on any atom is -0.496 e. The number of nitrogens with zero attached hydrogens (tertiary/aromatic N) is 3. The number of hydrogen-bond donors (Lipinski definition) is 2. The number of aliphatic hydroxyl groups is 1. The maximum absolute atomic E-state index is 13.9. The molecule has 0 radical (unpaired) electrons. The van der Waals surface area contributed by atoms with Crippen LogP contribution in [0.5, 0.6) is 5.75 Å². The summed E-state index contributed by atoms with van der Waals surface area (Å²) in [6, 6.07) is 7.10. The number of fused-ring (bicyclic) bond motifs is 1. The van der Waals surface area contributed by atoms with Crippen LogP contribution in [0.4, 0.5) is 0 Å². The van der Waals surface area contributed by atoms with Gasteiger partial charge in [0, 0.05) is 5.56 Å². The monoisotopic (exact) mass is 529 g/mol. The topological polar surface area (TPSA) is 146 Å². The fraction of sp³-hybridized carbons (Fsp3) is 0.360. The van der Waals surface area contributed by atoms with Crippen LogP contribution in [0, 0.1) is 6.92 Å². The van der Waals surface area contributed by atoms with Gasteiger partial charge in [-0.25, -0.2) is 19.1 Å². The zero-order valence-corrected chi connectivity index (χ0v) is 21.6. The highest BCUT2D eigenvalue weighted by molar-refractivity contribution is 7.22. The molecular formula is C25H27N3O8S. The molecule has 3 heterocycles.